The lowest BCUT2D eigenvalue weighted by Gasteiger charge is -2.19. The van der Waals surface area contributed by atoms with Gasteiger partial charge in [0.2, 0.25) is 5.82 Å². The molecule has 21 heavy (non-hydrogen) atoms. The zero-order valence-electron chi connectivity index (χ0n) is 11.0. The van der Waals surface area contributed by atoms with Gasteiger partial charge in [0, 0.05) is 6.04 Å². The molecule has 0 heterocycles. The summed E-state index contributed by atoms with van der Waals surface area (Å²) in [6.07, 6.45) is 2.44. The molecule has 2 atom stereocenters. The number of carbonyl (C=O) groups excluding carboxylic acids is 1. The van der Waals surface area contributed by atoms with Crippen LogP contribution in [-0.2, 0) is 0 Å². The van der Waals surface area contributed by atoms with Gasteiger partial charge in [0.05, 0.1) is 5.56 Å². The van der Waals surface area contributed by atoms with Gasteiger partial charge >= 0.3 is 0 Å². The number of benzene rings is 1. The van der Waals surface area contributed by atoms with Gasteiger partial charge in [-0.3, -0.25) is 4.79 Å². The van der Waals surface area contributed by atoms with Gasteiger partial charge in [-0.1, -0.05) is 6.42 Å². The maximum Gasteiger partial charge on any atom is 0.254 e. The van der Waals surface area contributed by atoms with E-state index in [1.165, 1.54) is 0 Å². The molecule has 0 saturated heterocycles. The zero-order chi connectivity index (χ0) is 14.9. The van der Waals surface area contributed by atoms with Crippen molar-refractivity contribution in [2.75, 3.05) is 6.54 Å². The third-order valence-corrected chi connectivity index (χ3v) is 3.66. The van der Waals surface area contributed by atoms with Crippen LogP contribution in [0.25, 0.3) is 0 Å². The SMILES string of the molecule is Cl.NCC1CCCC1NC(=O)c1cc(F)c(F)c(O)c1F. The number of carbonyl (C=O) groups is 1. The summed E-state index contributed by atoms with van der Waals surface area (Å²) in [7, 11) is 0. The highest BCUT2D eigenvalue weighted by Gasteiger charge is 2.29. The van der Waals surface area contributed by atoms with Crippen LogP contribution in [0.1, 0.15) is 29.6 Å². The summed E-state index contributed by atoms with van der Waals surface area (Å²) in [5, 5.41) is 11.6. The minimum atomic E-state index is -1.71. The molecule has 0 aliphatic heterocycles. The summed E-state index contributed by atoms with van der Waals surface area (Å²) in [5.74, 6) is -6.95. The molecule has 0 aromatic heterocycles. The first-order chi connectivity index (χ1) is 9.45. The summed E-state index contributed by atoms with van der Waals surface area (Å²) in [6, 6.07) is 0.216. The Hall–Kier alpha value is -1.47. The maximum absolute atomic E-state index is 13.6. The number of aromatic hydroxyl groups is 1. The fraction of sp³-hybridized carbons (Fsp3) is 0.462. The van der Waals surface area contributed by atoms with E-state index in [4.69, 9.17) is 10.8 Å². The second-order valence-electron chi connectivity index (χ2n) is 4.89. The Morgan fingerprint density at radius 3 is 2.62 bits per heavy atom. The number of halogens is 4. The molecule has 1 amide bonds. The smallest absolute Gasteiger partial charge is 0.254 e. The van der Waals surface area contributed by atoms with Crippen LogP contribution in [0.5, 0.6) is 5.75 Å². The Labute approximate surface area is 125 Å². The molecular formula is C13H16ClF3N2O2. The van der Waals surface area contributed by atoms with E-state index in [1.54, 1.807) is 0 Å². The molecule has 1 aromatic carbocycles. The topological polar surface area (TPSA) is 75.3 Å². The van der Waals surface area contributed by atoms with Gasteiger partial charge in [0.25, 0.3) is 5.91 Å². The molecule has 4 N–H and O–H groups in total. The first-order valence-electron chi connectivity index (χ1n) is 6.33. The summed E-state index contributed by atoms with van der Waals surface area (Å²) in [5.41, 5.74) is 4.84. The number of nitrogens with one attached hydrogen (secondary N) is 1. The minimum absolute atomic E-state index is 0. The molecule has 2 unspecified atom stereocenters. The fourth-order valence-corrected chi connectivity index (χ4v) is 2.51. The van der Waals surface area contributed by atoms with Crippen molar-refractivity contribution in [3.63, 3.8) is 0 Å². The van der Waals surface area contributed by atoms with Crippen molar-refractivity contribution in [3.05, 3.63) is 29.1 Å². The third kappa shape index (κ3) is 3.41. The number of hydrogen-bond acceptors (Lipinski definition) is 3. The number of phenolic OH excluding ortho intramolecular Hbond substituents is 1. The first-order valence-corrected chi connectivity index (χ1v) is 6.33. The van der Waals surface area contributed by atoms with E-state index in [0.717, 1.165) is 12.8 Å². The first kappa shape index (κ1) is 17.6. The molecule has 1 saturated carbocycles. The van der Waals surface area contributed by atoms with Gasteiger partial charge in [-0.2, -0.15) is 4.39 Å². The molecule has 118 valence electrons. The molecule has 8 heteroatoms. The summed E-state index contributed by atoms with van der Waals surface area (Å²) in [4.78, 5) is 11.9. The van der Waals surface area contributed by atoms with Crippen molar-refractivity contribution >= 4 is 18.3 Å². The minimum Gasteiger partial charge on any atom is -0.503 e. The number of phenols is 1. The van der Waals surface area contributed by atoms with Crippen molar-refractivity contribution in [3.8, 4) is 5.75 Å². The quantitative estimate of drug-likeness (QED) is 0.745. The van der Waals surface area contributed by atoms with E-state index in [9.17, 15) is 18.0 Å². The van der Waals surface area contributed by atoms with Gasteiger partial charge in [-0.05, 0) is 31.4 Å². The number of hydrogen-bond donors (Lipinski definition) is 3. The van der Waals surface area contributed by atoms with Gasteiger partial charge < -0.3 is 16.2 Å². The van der Waals surface area contributed by atoms with Crippen LogP contribution in [0, 0.1) is 23.4 Å². The molecule has 0 radical (unpaired) electrons. The summed E-state index contributed by atoms with van der Waals surface area (Å²) in [6.45, 7) is 0.385. The number of rotatable bonds is 3. The van der Waals surface area contributed by atoms with E-state index in [0.29, 0.717) is 19.0 Å². The Kier molecular flexibility index (Phi) is 5.86. The fourth-order valence-electron chi connectivity index (χ4n) is 2.51. The second kappa shape index (κ2) is 7.00. The van der Waals surface area contributed by atoms with Crippen molar-refractivity contribution in [1.82, 2.24) is 5.32 Å². The lowest BCUT2D eigenvalue weighted by atomic mass is 10.0. The molecule has 1 aliphatic rings. The lowest BCUT2D eigenvalue weighted by molar-refractivity contribution is 0.0923. The highest BCUT2D eigenvalue weighted by molar-refractivity contribution is 5.95. The molecule has 1 aliphatic carbocycles. The van der Waals surface area contributed by atoms with Gasteiger partial charge in [-0.25, -0.2) is 8.78 Å². The standard InChI is InChI=1S/C13H15F3N2O2.ClH/c14-8-4-7(10(15)12(19)11(8)16)13(20)18-9-3-1-2-6(9)5-17;/h4,6,9,19H,1-3,5,17H2,(H,18,20);1H. The van der Waals surface area contributed by atoms with Crippen LogP contribution in [-0.4, -0.2) is 23.6 Å². The maximum atomic E-state index is 13.6. The zero-order valence-corrected chi connectivity index (χ0v) is 11.9. The molecule has 1 aromatic rings. The van der Waals surface area contributed by atoms with E-state index < -0.39 is 34.7 Å². The molecule has 4 nitrogen and oxygen atoms in total. The van der Waals surface area contributed by atoms with E-state index in [1.807, 2.05) is 0 Å². The highest BCUT2D eigenvalue weighted by Crippen LogP contribution is 2.28. The average Bonchev–Trinajstić information content (AvgIpc) is 2.87. The lowest BCUT2D eigenvalue weighted by Crippen LogP contribution is -2.40. The van der Waals surface area contributed by atoms with Crippen LogP contribution >= 0.6 is 12.4 Å². The van der Waals surface area contributed by atoms with Crippen LogP contribution in [0.15, 0.2) is 6.07 Å². The van der Waals surface area contributed by atoms with Crippen molar-refractivity contribution < 1.29 is 23.1 Å². The summed E-state index contributed by atoms with van der Waals surface area (Å²) >= 11 is 0. The molecule has 0 bridgehead atoms. The molecule has 0 spiro atoms. The van der Waals surface area contributed by atoms with E-state index >= 15 is 0 Å². The van der Waals surface area contributed by atoms with Crippen LogP contribution < -0.4 is 11.1 Å². The Balaban J connectivity index is 0.00000220. The largest absolute Gasteiger partial charge is 0.503 e. The summed E-state index contributed by atoms with van der Waals surface area (Å²) < 4.78 is 39.7. The van der Waals surface area contributed by atoms with Crippen LogP contribution in [0.3, 0.4) is 0 Å². The Morgan fingerprint density at radius 1 is 1.33 bits per heavy atom. The predicted octanol–water partition coefficient (Wildman–Crippen LogP) is 2.09. The molecule has 1 fully saturated rings. The average molecular weight is 325 g/mol. The van der Waals surface area contributed by atoms with E-state index in [2.05, 4.69) is 5.32 Å². The number of nitrogens with two attached hydrogens (primary N) is 1. The van der Waals surface area contributed by atoms with Crippen molar-refractivity contribution in [2.24, 2.45) is 11.7 Å². The normalized spacial score (nSPS) is 21.0. The number of amides is 1. The third-order valence-electron chi connectivity index (χ3n) is 3.66. The van der Waals surface area contributed by atoms with Gasteiger partial charge in [-0.15, -0.1) is 12.4 Å². The Morgan fingerprint density at radius 2 is 2.00 bits per heavy atom. The highest BCUT2D eigenvalue weighted by atomic mass is 35.5. The van der Waals surface area contributed by atoms with E-state index in [-0.39, 0.29) is 24.4 Å². The predicted molar refractivity (Wildman–Crippen MR) is 72.9 cm³/mol. The van der Waals surface area contributed by atoms with Gasteiger partial charge in [0.15, 0.2) is 17.4 Å². The Bertz CT molecular complexity index is 543. The second-order valence-corrected chi connectivity index (χ2v) is 4.89. The van der Waals surface area contributed by atoms with Crippen molar-refractivity contribution in [2.45, 2.75) is 25.3 Å². The van der Waals surface area contributed by atoms with Crippen LogP contribution in [0.2, 0.25) is 0 Å². The van der Waals surface area contributed by atoms with Gasteiger partial charge in [0.1, 0.15) is 0 Å². The monoisotopic (exact) mass is 324 g/mol. The van der Waals surface area contributed by atoms with Crippen LogP contribution in [0.4, 0.5) is 13.2 Å². The molecule has 2 rings (SSSR count). The molecular weight excluding hydrogens is 309 g/mol. The van der Waals surface area contributed by atoms with Crippen molar-refractivity contribution in [1.29, 1.82) is 0 Å².